The van der Waals surface area contributed by atoms with E-state index in [0.717, 1.165) is 28.9 Å². The molecule has 0 aliphatic rings. The molecule has 164 valence electrons. The van der Waals surface area contributed by atoms with Crippen LogP contribution in [0.5, 0.6) is 0 Å². The second-order valence-electron chi connectivity index (χ2n) is 7.03. The van der Waals surface area contributed by atoms with Gasteiger partial charge in [-0.25, -0.2) is 21.2 Å². The molecule has 0 spiro atoms. The summed E-state index contributed by atoms with van der Waals surface area (Å²) in [5, 5.41) is 2.77. The van der Waals surface area contributed by atoms with Crippen LogP contribution in [0, 0.1) is 5.82 Å². The largest absolute Gasteiger partial charge is 0.348 e. The number of halogens is 1. The number of sulfonamides is 1. The molecule has 0 unspecified atom stereocenters. The Labute approximate surface area is 176 Å². The highest BCUT2D eigenvalue weighted by Gasteiger charge is 2.32. The van der Waals surface area contributed by atoms with Gasteiger partial charge in [0.05, 0.1) is 22.9 Å². The summed E-state index contributed by atoms with van der Waals surface area (Å²) in [6, 6.07) is 9.43. The molecular formula is C20H25FN2O5S2. The maximum Gasteiger partial charge on any atom is 0.244 e. The van der Waals surface area contributed by atoms with Crippen molar-refractivity contribution in [3.63, 3.8) is 0 Å². The smallest absolute Gasteiger partial charge is 0.244 e. The normalized spacial score (nSPS) is 14.0. The lowest BCUT2D eigenvalue weighted by Gasteiger charge is -2.31. The first-order valence-corrected chi connectivity index (χ1v) is 12.9. The number of anilines is 1. The van der Waals surface area contributed by atoms with E-state index in [-0.39, 0.29) is 17.0 Å². The quantitative estimate of drug-likeness (QED) is 0.658. The summed E-state index contributed by atoms with van der Waals surface area (Å²) >= 11 is 0. The molecule has 30 heavy (non-hydrogen) atoms. The first kappa shape index (κ1) is 23.8. The van der Waals surface area contributed by atoms with E-state index in [1.54, 1.807) is 26.0 Å². The lowest BCUT2D eigenvalue weighted by molar-refractivity contribution is -0.122. The van der Waals surface area contributed by atoms with Gasteiger partial charge in [0.25, 0.3) is 0 Å². The Bertz CT molecular complexity index is 1100. The maximum absolute atomic E-state index is 13.3. The van der Waals surface area contributed by atoms with E-state index in [1.165, 1.54) is 24.3 Å². The van der Waals surface area contributed by atoms with E-state index in [2.05, 4.69) is 5.32 Å². The van der Waals surface area contributed by atoms with Crippen LogP contribution in [0.4, 0.5) is 10.1 Å². The van der Waals surface area contributed by atoms with Gasteiger partial charge in [-0.05, 0) is 55.3 Å². The minimum Gasteiger partial charge on any atom is -0.348 e. The molecule has 2 rings (SSSR count). The second kappa shape index (κ2) is 9.13. The van der Waals surface area contributed by atoms with Gasteiger partial charge in [0.2, 0.25) is 15.9 Å². The van der Waals surface area contributed by atoms with Gasteiger partial charge in [0.15, 0.2) is 9.84 Å². The van der Waals surface area contributed by atoms with E-state index in [4.69, 9.17) is 0 Å². The topological polar surface area (TPSA) is 101 Å². The highest BCUT2D eigenvalue weighted by Crippen LogP contribution is 2.24. The third kappa shape index (κ3) is 5.79. The first-order valence-electron chi connectivity index (χ1n) is 9.20. The molecule has 0 fully saturated rings. The van der Waals surface area contributed by atoms with Crippen molar-refractivity contribution in [1.29, 1.82) is 0 Å². The number of benzene rings is 2. The molecule has 10 heteroatoms. The molecule has 2 atom stereocenters. The van der Waals surface area contributed by atoms with Crippen molar-refractivity contribution in [3.05, 3.63) is 59.9 Å². The summed E-state index contributed by atoms with van der Waals surface area (Å²) in [5.74, 6) is -1.04. The zero-order chi connectivity index (χ0) is 22.7. The number of nitrogens with zero attached hydrogens (tertiary/aromatic N) is 1. The molecule has 7 nitrogen and oxygen atoms in total. The molecule has 2 aromatic carbocycles. The molecular weight excluding hydrogens is 431 g/mol. The first-order chi connectivity index (χ1) is 13.8. The van der Waals surface area contributed by atoms with Crippen LogP contribution in [0.25, 0.3) is 0 Å². The zero-order valence-electron chi connectivity index (χ0n) is 17.2. The summed E-state index contributed by atoms with van der Waals surface area (Å²) < 4.78 is 62.2. The van der Waals surface area contributed by atoms with Crippen molar-refractivity contribution < 1.29 is 26.0 Å². The summed E-state index contributed by atoms with van der Waals surface area (Å²) in [6.45, 7) is 3.39. The predicted molar refractivity (Wildman–Crippen MR) is 114 cm³/mol. The third-order valence-corrected chi connectivity index (χ3v) is 6.89. The van der Waals surface area contributed by atoms with E-state index in [1.807, 2.05) is 0 Å². The van der Waals surface area contributed by atoms with E-state index >= 15 is 0 Å². The molecule has 1 amide bonds. The van der Waals surface area contributed by atoms with Gasteiger partial charge in [-0.3, -0.25) is 9.10 Å². The van der Waals surface area contributed by atoms with Crippen LogP contribution >= 0.6 is 0 Å². The van der Waals surface area contributed by atoms with Gasteiger partial charge >= 0.3 is 0 Å². The van der Waals surface area contributed by atoms with Crippen LogP contribution in [-0.2, 0) is 24.7 Å². The van der Waals surface area contributed by atoms with Gasteiger partial charge in [-0.2, -0.15) is 0 Å². The van der Waals surface area contributed by atoms with Gasteiger partial charge < -0.3 is 5.32 Å². The second-order valence-corrected chi connectivity index (χ2v) is 10.9. The average molecular weight is 457 g/mol. The van der Waals surface area contributed by atoms with Gasteiger partial charge in [0.1, 0.15) is 11.9 Å². The lowest BCUT2D eigenvalue weighted by Crippen LogP contribution is -2.49. The average Bonchev–Trinajstić information content (AvgIpc) is 2.65. The fourth-order valence-corrected chi connectivity index (χ4v) is 4.89. The van der Waals surface area contributed by atoms with E-state index in [9.17, 15) is 26.0 Å². The van der Waals surface area contributed by atoms with Gasteiger partial charge in [-0.15, -0.1) is 0 Å². The number of hydrogen-bond donors (Lipinski definition) is 1. The Morgan fingerprint density at radius 1 is 1.00 bits per heavy atom. The summed E-state index contributed by atoms with van der Waals surface area (Å²) in [6.07, 6.45) is 2.28. The lowest BCUT2D eigenvalue weighted by atomic mass is 10.1. The highest BCUT2D eigenvalue weighted by atomic mass is 32.2. The maximum atomic E-state index is 13.3. The van der Waals surface area contributed by atoms with Crippen molar-refractivity contribution in [2.45, 2.75) is 37.2 Å². The molecule has 0 saturated heterocycles. The van der Waals surface area contributed by atoms with Crippen molar-refractivity contribution in [1.82, 2.24) is 5.32 Å². The van der Waals surface area contributed by atoms with Gasteiger partial charge in [0, 0.05) is 6.26 Å². The number of sulfone groups is 1. The van der Waals surface area contributed by atoms with Crippen LogP contribution in [0.3, 0.4) is 0 Å². The van der Waals surface area contributed by atoms with Crippen LogP contribution in [0.15, 0.2) is 53.4 Å². The Balaban J connectivity index is 2.28. The number of amides is 1. The fourth-order valence-electron chi connectivity index (χ4n) is 3.04. The highest BCUT2D eigenvalue weighted by molar-refractivity contribution is 7.92. The molecule has 1 N–H and O–H groups in total. The molecule has 0 saturated carbocycles. The zero-order valence-corrected chi connectivity index (χ0v) is 18.8. The molecule has 0 heterocycles. The van der Waals surface area contributed by atoms with Crippen LogP contribution in [-0.4, -0.2) is 41.3 Å². The van der Waals surface area contributed by atoms with Crippen LogP contribution in [0.1, 0.15) is 31.9 Å². The summed E-state index contributed by atoms with van der Waals surface area (Å²) in [4.78, 5) is 13.1. The van der Waals surface area contributed by atoms with Crippen molar-refractivity contribution in [2.24, 2.45) is 0 Å². The molecule has 0 radical (unpaired) electrons. The third-order valence-electron chi connectivity index (χ3n) is 4.58. The van der Waals surface area contributed by atoms with E-state index < -0.39 is 43.7 Å². The number of carbonyl (C=O) groups excluding carboxylic acids is 1. The Morgan fingerprint density at radius 2 is 1.53 bits per heavy atom. The van der Waals surface area contributed by atoms with Gasteiger partial charge in [-0.1, -0.05) is 19.1 Å². The molecule has 0 aliphatic carbocycles. The number of carbonyl (C=O) groups is 1. The fraction of sp³-hybridized carbons (Fsp3) is 0.350. The van der Waals surface area contributed by atoms with Crippen LogP contribution in [0.2, 0.25) is 0 Å². The number of nitrogens with one attached hydrogen (secondary N) is 1. The van der Waals surface area contributed by atoms with Crippen molar-refractivity contribution in [2.75, 3.05) is 16.8 Å². The Kier molecular flexibility index (Phi) is 7.25. The molecule has 0 bridgehead atoms. The number of rotatable bonds is 8. The van der Waals surface area contributed by atoms with Crippen molar-refractivity contribution in [3.8, 4) is 0 Å². The van der Waals surface area contributed by atoms with Crippen molar-refractivity contribution >= 4 is 31.5 Å². The SMILES string of the molecule is CC[C@H](C(=O)N[C@@H](C)c1ccc(S(C)(=O)=O)cc1)N(c1ccc(F)cc1)S(C)(=O)=O. The predicted octanol–water partition coefficient (Wildman–Crippen LogP) is 2.65. The molecule has 2 aromatic rings. The molecule has 0 aliphatic heterocycles. The Hall–Kier alpha value is -2.46. The standard InChI is InChI=1S/C20H25FN2O5S2/c1-5-19(23(30(4,27)28)17-10-8-16(21)9-11-17)20(24)22-14(2)15-6-12-18(13-7-15)29(3,25)26/h6-14,19H,5H2,1-4H3,(H,22,24)/t14-,19+/m0/s1. The monoisotopic (exact) mass is 456 g/mol. The Morgan fingerprint density at radius 3 is 1.97 bits per heavy atom. The van der Waals surface area contributed by atoms with E-state index in [0.29, 0.717) is 5.56 Å². The summed E-state index contributed by atoms with van der Waals surface area (Å²) in [5.41, 5.74) is 0.851. The van der Waals surface area contributed by atoms with Crippen LogP contribution < -0.4 is 9.62 Å². The minimum atomic E-state index is -3.83. The minimum absolute atomic E-state index is 0.163. The summed E-state index contributed by atoms with van der Waals surface area (Å²) in [7, 11) is -7.16. The molecule has 0 aromatic heterocycles. The number of hydrogen-bond acceptors (Lipinski definition) is 5.